The van der Waals surface area contributed by atoms with Crippen molar-refractivity contribution in [3.8, 4) is 0 Å². The van der Waals surface area contributed by atoms with Gasteiger partial charge in [0.15, 0.2) is 0 Å². The molecule has 10 heteroatoms. The lowest BCUT2D eigenvalue weighted by Gasteiger charge is -2.37. The zero-order chi connectivity index (χ0) is 24.1. The Kier molecular flexibility index (Phi) is 8.21. The van der Waals surface area contributed by atoms with Crippen LogP contribution in [-0.2, 0) is 19.6 Å². The molecule has 0 radical (unpaired) electrons. The highest BCUT2D eigenvalue weighted by Gasteiger charge is 2.33. The third-order valence-corrected chi connectivity index (χ3v) is 9.13. The number of halogens is 1. The molecule has 8 nitrogen and oxygen atoms in total. The van der Waals surface area contributed by atoms with Crippen molar-refractivity contribution >= 4 is 21.8 Å². The van der Waals surface area contributed by atoms with Crippen LogP contribution in [0.1, 0.15) is 38.5 Å². The van der Waals surface area contributed by atoms with Crippen LogP contribution >= 0.6 is 0 Å². The predicted molar refractivity (Wildman–Crippen MR) is 126 cm³/mol. The smallest absolute Gasteiger partial charge is 0.243 e. The van der Waals surface area contributed by atoms with Crippen molar-refractivity contribution in [2.75, 3.05) is 58.9 Å². The van der Waals surface area contributed by atoms with Gasteiger partial charge in [-0.25, -0.2) is 12.8 Å². The first-order valence-corrected chi connectivity index (χ1v) is 13.8. The number of carbonyl (C=O) groups excluding carboxylic acids is 2. The third-order valence-electron chi connectivity index (χ3n) is 7.24. The molecule has 2 amide bonds. The number of benzene rings is 1. The van der Waals surface area contributed by atoms with Crippen LogP contribution in [0.5, 0.6) is 0 Å². The first-order chi connectivity index (χ1) is 16.3. The summed E-state index contributed by atoms with van der Waals surface area (Å²) in [6.07, 6.45) is 6.15. The van der Waals surface area contributed by atoms with Gasteiger partial charge in [-0.05, 0) is 57.0 Å². The van der Waals surface area contributed by atoms with Gasteiger partial charge in [-0.2, -0.15) is 4.31 Å². The number of sulfonamides is 1. The first kappa shape index (κ1) is 25.1. The van der Waals surface area contributed by atoms with Crippen molar-refractivity contribution < 1.29 is 22.4 Å². The molecule has 4 rings (SSSR count). The van der Waals surface area contributed by atoms with Gasteiger partial charge < -0.3 is 9.80 Å². The van der Waals surface area contributed by atoms with Gasteiger partial charge in [0.25, 0.3) is 0 Å². The highest BCUT2D eigenvalue weighted by Crippen LogP contribution is 2.22. The van der Waals surface area contributed by atoms with E-state index in [1.807, 2.05) is 4.90 Å². The molecule has 0 aromatic heterocycles. The van der Waals surface area contributed by atoms with Crippen LogP contribution < -0.4 is 0 Å². The van der Waals surface area contributed by atoms with E-state index in [1.54, 1.807) is 4.90 Å². The number of carbonyl (C=O) groups is 2. The lowest BCUT2D eigenvalue weighted by molar-refractivity contribution is -0.137. The number of amides is 2. The van der Waals surface area contributed by atoms with Gasteiger partial charge in [0.05, 0.1) is 11.4 Å². The zero-order valence-electron chi connectivity index (χ0n) is 19.7. The molecule has 0 atom stereocenters. The molecule has 3 heterocycles. The fourth-order valence-electron chi connectivity index (χ4n) is 5.13. The average Bonchev–Trinajstić information content (AvgIpc) is 3.14. The van der Waals surface area contributed by atoms with Crippen molar-refractivity contribution in [3.05, 3.63) is 30.1 Å². The molecule has 0 bridgehead atoms. The lowest BCUT2D eigenvalue weighted by Crippen LogP contribution is -2.53. The molecule has 3 aliphatic rings. The maximum absolute atomic E-state index is 13.5. The fourth-order valence-corrected chi connectivity index (χ4v) is 6.59. The molecular formula is C24H35FN4O4S. The van der Waals surface area contributed by atoms with E-state index in [0.717, 1.165) is 57.9 Å². The van der Waals surface area contributed by atoms with Crippen LogP contribution in [0.15, 0.2) is 29.2 Å². The molecule has 0 spiro atoms. The second kappa shape index (κ2) is 11.1. The van der Waals surface area contributed by atoms with Gasteiger partial charge in [-0.1, -0.05) is 18.9 Å². The molecule has 1 aromatic carbocycles. The predicted octanol–water partition coefficient (Wildman–Crippen LogP) is 1.77. The maximum Gasteiger partial charge on any atom is 0.243 e. The summed E-state index contributed by atoms with van der Waals surface area (Å²) >= 11 is 0. The molecule has 0 unspecified atom stereocenters. The first-order valence-electron chi connectivity index (χ1n) is 12.4. The summed E-state index contributed by atoms with van der Waals surface area (Å²) in [6, 6.07) is 5.00. The topological polar surface area (TPSA) is 81.2 Å². The van der Waals surface area contributed by atoms with E-state index in [4.69, 9.17) is 0 Å². The van der Waals surface area contributed by atoms with Crippen LogP contribution in [0.3, 0.4) is 0 Å². The molecule has 3 fully saturated rings. The van der Waals surface area contributed by atoms with E-state index in [-0.39, 0.29) is 35.7 Å². The van der Waals surface area contributed by atoms with Crippen molar-refractivity contribution in [1.82, 2.24) is 19.0 Å². The zero-order valence-corrected chi connectivity index (χ0v) is 20.5. The third kappa shape index (κ3) is 5.95. The molecule has 0 N–H and O–H groups in total. The minimum atomic E-state index is -3.78. The van der Waals surface area contributed by atoms with Crippen molar-refractivity contribution in [3.63, 3.8) is 0 Å². The molecule has 0 aliphatic carbocycles. The van der Waals surface area contributed by atoms with Crippen LogP contribution in [0.25, 0.3) is 0 Å². The second-order valence-electron chi connectivity index (χ2n) is 9.53. The Hall–Kier alpha value is -2.04. The quantitative estimate of drug-likeness (QED) is 0.623. The fraction of sp³-hybridized carbons (Fsp3) is 0.667. The summed E-state index contributed by atoms with van der Waals surface area (Å²) in [4.78, 5) is 31.5. The van der Waals surface area contributed by atoms with E-state index in [9.17, 15) is 22.4 Å². The Bertz CT molecular complexity index is 965. The van der Waals surface area contributed by atoms with E-state index >= 15 is 0 Å². The van der Waals surface area contributed by atoms with Gasteiger partial charge in [0.1, 0.15) is 5.82 Å². The van der Waals surface area contributed by atoms with Gasteiger partial charge in [0.2, 0.25) is 21.8 Å². The summed E-state index contributed by atoms with van der Waals surface area (Å²) < 4.78 is 40.3. The SMILES string of the molecule is O=C(CN1CCC(C(=O)N2CCCCCC2)CC1)N1CCN(S(=O)(=O)c2cccc(F)c2)CC1. The van der Waals surface area contributed by atoms with Gasteiger partial charge in [-0.15, -0.1) is 0 Å². The van der Waals surface area contributed by atoms with Crippen molar-refractivity contribution in [1.29, 1.82) is 0 Å². The standard InChI is InChI=1S/C24H35FN4O4S/c25-21-6-5-7-22(18-21)34(32,33)29-16-14-27(15-17-29)23(30)19-26-12-8-20(9-13-26)24(31)28-10-3-1-2-4-11-28/h5-7,18,20H,1-4,8-17,19H2. The van der Waals surface area contributed by atoms with E-state index in [0.29, 0.717) is 19.6 Å². The summed E-state index contributed by atoms with van der Waals surface area (Å²) in [7, 11) is -3.78. The van der Waals surface area contributed by atoms with Crippen molar-refractivity contribution in [2.45, 2.75) is 43.4 Å². The summed E-state index contributed by atoms with van der Waals surface area (Å²) in [5.41, 5.74) is 0. The number of piperidine rings is 1. The van der Waals surface area contributed by atoms with Crippen LogP contribution in [0.2, 0.25) is 0 Å². The monoisotopic (exact) mass is 494 g/mol. The number of hydrogen-bond donors (Lipinski definition) is 0. The number of nitrogens with zero attached hydrogens (tertiary/aromatic N) is 4. The van der Waals surface area contributed by atoms with Crippen LogP contribution in [-0.4, -0.2) is 98.1 Å². The molecule has 0 saturated carbocycles. The molecule has 34 heavy (non-hydrogen) atoms. The van der Waals surface area contributed by atoms with Crippen molar-refractivity contribution in [2.24, 2.45) is 5.92 Å². The minimum absolute atomic E-state index is 0.0138. The van der Waals surface area contributed by atoms with E-state index in [1.165, 1.54) is 35.3 Å². The number of likely N-dealkylation sites (tertiary alicyclic amines) is 2. The van der Waals surface area contributed by atoms with E-state index < -0.39 is 15.8 Å². The van der Waals surface area contributed by atoms with E-state index in [2.05, 4.69) is 4.90 Å². The number of rotatable bonds is 5. The Balaban J connectivity index is 1.22. The number of hydrogen-bond acceptors (Lipinski definition) is 5. The lowest BCUT2D eigenvalue weighted by atomic mass is 9.95. The van der Waals surface area contributed by atoms with Gasteiger partial charge in [0, 0.05) is 45.2 Å². The highest BCUT2D eigenvalue weighted by atomic mass is 32.2. The molecule has 188 valence electrons. The summed E-state index contributed by atoms with van der Waals surface area (Å²) in [5.74, 6) is -0.267. The molecule has 3 saturated heterocycles. The Labute approximate surface area is 201 Å². The van der Waals surface area contributed by atoms with Crippen LogP contribution in [0.4, 0.5) is 4.39 Å². The Morgan fingerprint density at radius 1 is 0.853 bits per heavy atom. The molecule has 1 aromatic rings. The Morgan fingerprint density at radius 3 is 2.12 bits per heavy atom. The maximum atomic E-state index is 13.5. The second-order valence-corrected chi connectivity index (χ2v) is 11.5. The van der Waals surface area contributed by atoms with Gasteiger partial charge >= 0.3 is 0 Å². The largest absolute Gasteiger partial charge is 0.342 e. The van der Waals surface area contributed by atoms with Crippen LogP contribution in [0, 0.1) is 11.7 Å². The normalized spacial score (nSPS) is 21.9. The number of piperazine rings is 1. The van der Waals surface area contributed by atoms with Gasteiger partial charge in [-0.3, -0.25) is 14.5 Å². The minimum Gasteiger partial charge on any atom is -0.342 e. The highest BCUT2D eigenvalue weighted by molar-refractivity contribution is 7.89. The summed E-state index contributed by atoms with van der Waals surface area (Å²) in [6.45, 7) is 4.51. The Morgan fingerprint density at radius 2 is 1.50 bits per heavy atom. The molecule has 3 aliphatic heterocycles. The average molecular weight is 495 g/mol. The summed E-state index contributed by atoms with van der Waals surface area (Å²) in [5, 5.41) is 0. The molecular weight excluding hydrogens is 459 g/mol.